The maximum atomic E-state index is 11.7. The van der Waals surface area contributed by atoms with Gasteiger partial charge >= 0.3 is 12.0 Å². The van der Waals surface area contributed by atoms with Crippen LogP contribution in [0.4, 0.5) is 4.79 Å². The smallest absolute Gasteiger partial charge is 0.315 e. The van der Waals surface area contributed by atoms with Gasteiger partial charge in [-0.1, -0.05) is 5.16 Å². The second kappa shape index (κ2) is 7.10. The number of carboxylic acids is 1. The van der Waals surface area contributed by atoms with E-state index in [9.17, 15) is 9.59 Å². The van der Waals surface area contributed by atoms with Crippen molar-refractivity contribution in [3.8, 4) is 0 Å². The van der Waals surface area contributed by atoms with Gasteiger partial charge in [-0.25, -0.2) is 4.79 Å². The molecule has 1 fully saturated rings. The third-order valence-electron chi connectivity index (χ3n) is 3.85. The molecular formula is C14H21N3O4. The number of nitrogens with one attached hydrogen (secondary N) is 2. The Morgan fingerprint density at radius 1 is 1.33 bits per heavy atom. The molecular weight excluding hydrogens is 274 g/mol. The SMILES string of the molecule is Cc1cc(CNC(=O)NCC2CCC(C(=O)O)CC2)on1. The number of aliphatic carboxylic acids is 1. The maximum Gasteiger partial charge on any atom is 0.315 e. The van der Waals surface area contributed by atoms with E-state index >= 15 is 0 Å². The average Bonchev–Trinajstić information content (AvgIpc) is 2.89. The van der Waals surface area contributed by atoms with Crippen LogP contribution in [0.2, 0.25) is 0 Å². The van der Waals surface area contributed by atoms with Crippen LogP contribution in [0.15, 0.2) is 10.6 Å². The molecule has 1 aromatic heterocycles. The molecule has 2 amide bonds. The highest BCUT2D eigenvalue weighted by molar-refractivity contribution is 5.73. The third-order valence-corrected chi connectivity index (χ3v) is 3.85. The number of nitrogens with zero attached hydrogens (tertiary/aromatic N) is 1. The molecule has 1 aliphatic rings. The van der Waals surface area contributed by atoms with Crippen molar-refractivity contribution in [2.24, 2.45) is 11.8 Å². The van der Waals surface area contributed by atoms with Gasteiger partial charge < -0.3 is 20.3 Å². The Morgan fingerprint density at radius 2 is 2.05 bits per heavy atom. The molecule has 2 rings (SSSR count). The summed E-state index contributed by atoms with van der Waals surface area (Å²) < 4.78 is 5.00. The van der Waals surface area contributed by atoms with Crippen LogP contribution in [0.1, 0.15) is 37.1 Å². The molecule has 0 atom stereocenters. The number of hydrogen-bond acceptors (Lipinski definition) is 4. The van der Waals surface area contributed by atoms with Gasteiger partial charge in [-0.3, -0.25) is 4.79 Å². The molecule has 0 bridgehead atoms. The minimum absolute atomic E-state index is 0.218. The molecule has 0 unspecified atom stereocenters. The van der Waals surface area contributed by atoms with Gasteiger partial charge in [0.15, 0.2) is 5.76 Å². The molecule has 0 aromatic carbocycles. The van der Waals surface area contributed by atoms with Gasteiger partial charge in [-0.2, -0.15) is 0 Å². The highest BCUT2D eigenvalue weighted by Gasteiger charge is 2.25. The lowest BCUT2D eigenvalue weighted by molar-refractivity contribution is -0.143. The van der Waals surface area contributed by atoms with Gasteiger partial charge in [-0.05, 0) is 38.5 Å². The zero-order valence-electron chi connectivity index (χ0n) is 12.1. The molecule has 7 nitrogen and oxygen atoms in total. The first-order valence-corrected chi connectivity index (χ1v) is 7.21. The Labute approximate surface area is 123 Å². The zero-order chi connectivity index (χ0) is 15.2. The highest BCUT2D eigenvalue weighted by atomic mass is 16.5. The number of aryl methyl sites for hydroxylation is 1. The van der Waals surface area contributed by atoms with Crippen LogP contribution < -0.4 is 10.6 Å². The largest absolute Gasteiger partial charge is 0.481 e. The minimum atomic E-state index is -0.707. The summed E-state index contributed by atoms with van der Waals surface area (Å²) in [7, 11) is 0. The predicted molar refractivity (Wildman–Crippen MR) is 74.6 cm³/mol. The Hall–Kier alpha value is -2.05. The Bertz CT molecular complexity index is 492. The number of hydrogen-bond donors (Lipinski definition) is 3. The third kappa shape index (κ3) is 4.77. The van der Waals surface area contributed by atoms with Crippen molar-refractivity contribution in [1.29, 1.82) is 0 Å². The fourth-order valence-corrected chi connectivity index (χ4v) is 2.58. The average molecular weight is 295 g/mol. The summed E-state index contributed by atoms with van der Waals surface area (Å²) in [6.07, 6.45) is 3.08. The van der Waals surface area contributed by atoms with E-state index in [1.54, 1.807) is 6.07 Å². The van der Waals surface area contributed by atoms with Crippen LogP contribution in [0.5, 0.6) is 0 Å². The molecule has 0 saturated heterocycles. The van der Waals surface area contributed by atoms with Crippen LogP contribution in [0.3, 0.4) is 0 Å². The van der Waals surface area contributed by atoms with Gasteiger partial charge in [0, 0.05) is 12.6 Å². The number of amides is 2. The molecule has 116 valence electrons. The molecule has 1 aliphatic carbocycles. The lowest BCUT2D eigenvalue weighted by Crippen LogP contribution is -2.38. The summed E-state index contributed by atoms with van der Waals surface area (Å²) >= 11 is 0. The van der Waals surface area contributed by atoms with E-state index in [1.807, 2.05) is 6.92 Å². The van der Waals surface area contributed by atoms with Crippen molar-refractivity contribution in [3.05, 3.63) is 17.5 Å². The monoisotopic (exact) mass is 295 g/mol. The quantitative estimate of drug-likeness (QED) is 0.766. The van der Waals surface area contributed by atoms with E-state index in [4.69, 9.17) is 9.63 Å². The lowest BCUT2D eigenvalue weighted by Gasteiger charge is -2.26. The van der Waals surface area contributed by atoms with Crippen LogP contribution in [-0.4, -0.2) is 28.8 Å². The first-order chi connectivity index (χ1) is 10.0. The van der Waals surface area contributed by atoms with E-state index in [0.29, 0.717) is 37.6 Å². The van der Waals surface area contributed by atoms with E-state index in [0.717, 1.165) is 18.5 Å². The van der Waals surface area contributed by atoms with Crippen LogP contribution in [0.25, 0.3) is 0 Å². The summed E-state index contributed by atoms with van der Waals surface area (Å²) in [6.45, 7) is 2.70. The fourth-order valence-electron chi connectivity index (χ4n) is 2.58. The first kappa shape index (κ1) is 15.3. The maximum absolute atomic E-state index is 11.7. The minimum Gasteiger partial charge on any atom is -0.481 e. The van der Waals surface area contributed by atoms with Gasteiger partial charge in [0.1, 0.15) is 0 Å². The second-order valence-electron chi connectivity index (χ2n) is 5.55. The van der Waals surface area contributed by atoms with Crippen molar-refractivity contribution in [2.75, 3.05) is 6.54 Å². The molecule has 0 radical (unpaired) electrons. The number of carbonyl (C=O) groups is 2. The van der Waals surface area contributed by atoms with Gasteiger partial charge in [0.25, 0.3) is 0 Å². The molecule has 0 spiro atoms. The van der Waals surface area contributed by atoms with Crippen molar-refractivity contribution in [3.63, 3.8) is 0 Å². The predicted octanol–water partition coefficient (Wildman–Crippen LogP) is 1.67. The normalized spacial score (nSPS) is 21.8. The summed E-state index contributed by atoms with van der Waals surface area (Å²) in [5, 5.41) is 18.2. The van der Waals surface area contributed by atoms with Crippen molar-refractivity contribution in [2.45, 2.75) is 39.2 Å². The molecule has 1 heterocycles. The van der Waals surface area contributed by atoms with Crippen molar-refractivity contribution < 1.29 is 19.2 Å². The van der Waals surface area contributed by atoms with E-state index in [1.165, 1.54) is 0 Å². The van der Waals surface area contributed by atoms with Gasteiger partial charge in [-0.15, -0.1) is 0 Å². The molecule has 0 aliphatic heterocycles. The first-order valence-electron chi connectivity index (χ1n) is 7.21. The summed E-state index contributed by atoms with van der Waals surface area (Å²) in [6, 6.07) is 1.53. The summed E-state index contributed by atoms with van der Waals surface area (Å²) in [4.78, 5) is 22.5. The topological polar surface area (TPSA) is 104 Å². The number of carbonyl (C=O) groups excluding carboxylic acids is 1. The Balaban J connectivity index is 1.62. The van der Waals surface area contributed by atoms with E-state index < -0.39 is 5.97 Å². The van der Waals surface area contributed by atoms with Crippen LogP contribution >= 0.6 is 0 Å². The second-order valence-corrected chi connectivity index (χ2v) is 5.55. The Morgan fingerprint density at radius 3 is 2.62 bits per heavy atom. The number of rotatable bonds is 5. The lowest BCUT2D eigenvalue weighted by atomic mass is 9.82. The summed E-state index contributed by atoms with van der Waals surface area (Å²) in [5.74, 6) is 0.0507. The fraction of sp³-hybridized carbons (Fsp3) is 0.643. The van der Waals surface area contributed by atoms with Crippen molar-refractivity contribution in [1.82, 2.24) is 15.8 Å². The molecule has 1 saturated carbocycles. The number of carboxylic acid groups (broad SMARTS) is 1. The molecule has 7 heteroatoms. The highest BCUT2D eigenvalue weighted by Crippen LogP contribution is 2.28. The van der Waals surface area contributed by atoms with Crippen molar-refractivity contribution >= 4 is 12.0 Å². The number of aromatic nitrogens is 1. The van der Waals surface area contributed by atoms with Crippen LogP contribution in [0, 0.1) is 18.8 Å². The standard InChI is InChI=1S/C14H21N3O4/c1-9-6-12(21-17-9)8-16-14(20)15-7-10-2-4-11(5-3-10)13(18)19/h6,10-11H,2-5,7-8H2,1H3,(H,18,19)(H2,15,16,20). The zero-order valence-corrected chi connectivity index (χ0v) is 12.1. The van der Waals surface area contributed by atoms with Crippen LogP contribution in [-0.2, 0) is 11.3 Å². The summed E-state index contributed by atoms with van der Waals surface area (Å²) in [5.41, 5.74) is 0.780. The number of urea groups is 1. The van der Waals surface area contributed by atoms with Gasteiger partial charge in [0.05, 0.1) is 18.2 Å². The molecule has 3 N–H and O–H groups in total. The van der Waals surface area contributed by atoms with E-state index in [2.05, 4.69) is 15.8 Å². The molecule has 21 heavy (non-hydrogen) atoms. The Kier molecular flexibility index (Phi) is 5.19. The van der Waals surface area contributed by atoms with Gasteiger partial charge in [0.2, 0.25) is 0 Å². The van der Waals surface area contributed by atoms with E-state index in [-0.39, 0.29) is 11.9 Å². The molecule has 1 aromatic rings.